The number of benzene rings is 1. The van der Waals surface area contributed by atoms with E-state index in [2.05, 4.69) is 0 Å². The Bertz CT molecular complexity index is 339. The Morgan fingerprint density at radius 2 is 2.21 bits per heavy atom. The van der Waals surface area contributed by atoms with Crippen LogP contribution in [-0.2, 0) is 17.8 Å². The van der Waals surface area contributed by atoms with Crippen LogP contribution in [0.15, 0.2) is 18.2 Å². The van der Waals surface area contributed by atoms with E-state index in [0.29, 0.717) is 18.0 Å². The maximum Gasteiger partial charge on any atom is 0.303 e. The second-order valence-corrected chi connectivity index (χ2v) is 3.43. The third kappa shape index (κ3) is 3.01. The van der Waals surface area contributed by atoms with Crippen LogP contribution < -0.4 is 5.73 Å². The summed E-state index contributed by atoms with van der Waals surface area (Å²) in [6, 6.07) is 5.43. The maximum absolute atomic E-state index is 10.3. The standard InChI is InChI=1S/C10H12ClNO2/c11-9-3-1-7(2-4-10(13)14)5-8(9)6-12/h1,3,5H,2,4,6,12H2,(H,13,14). The van der Waals surface area contributed by atoms with Gasteiger partial charge in [-0.2, -0.15) is 0 Å². The lowest BCUT2D eigenvalue weighted by Crippen LogP contribution is -2.01. The molecule has 0 aliphatic rings. The SMILES string of the molecule is NCc1cc(CCC(=O)O)ccc1Cl. The molecule has 0 bridgehead atoms. The van der Waals surface area contributed by atoms with Crippen molar-refractivity contribution in [3.63, 3.8) is 0 Å². The molecule has 0 aliphatic heterocycles. The van der Waals surface area contributed by atoms with E-state index in [9.17, 15) is 4.79 Å². The Morgan fingerprint density at radius 1 is 1.50 bits per heavy atom. The smallest absolute Gasteiger partial charge is 0.303 e. The van der Waals surface area contributed by atoms with Crippen LogP contribution in [0.1, 0.15) is 17.5 Å². The minimum atomic E-state index is -0.797. The van der Waals surface area contributed by atoms with Gasteiger partial charge in [-0.25, -0.2) is 0 Å². The minimum Gasteiger partial charge on any atom is -0.481 e. The van der Waals surface area contributed by atoms with Crippen LogP contribution in [0.4, 0.5) is 0 Å². The number of aryl methyl sites for hydroxylation is 1. The lowest BCUT2D eigenvalue weighted by molar-refractivity contribution is -0.136. The molecule has 0 spiro atoms. The van der Waals surface area contributed by atoms with Gasteiger partial charge in [-0.05, 0) is 23.6 Å². The van der Waals surface area contributed by atoms with Crippen molar-refractivity contribution in [1.29, 1.82) is 0 Å². The van der Waals surface area contributed by atoms with Crippen LogP contribution in [0.25, 0.3) is 0 Å². The zero-order valence-electron chi connectivity index (χ0n) is 7.66. The Labute approximate surface area is 87.5 Å². The second-order valence-electron chi connectivity index (χ2n) is 3.02. The van der Waals surface area contributed by atoms with Gasteiger partial charge in [-0.3, -0.25) is 4.79 Å². The van der Waals surface area contributed by atoms with Crippen molar-refractivity contribution < 1.29 is 9.90 Å². The molecule has 0 heterocycles. The van der Waals surface area contributed by atoms with E-state index in [-0.39, 0.29) is 6.42 Å². The summed E-state index contributed by atoms with van der Waals surface area (Å²) in [5, 5.41) is 9.14. The van der Waals surface area contributed by atoms with Gasteiger partial charge in [0, 0.05) is 18.0 Å². The van der Waals surface area contributed by atoms with E-state index in [1.807, 2.05) is 12.1 Å². The summed E-state index contributed by atoms with van der Waals surface area (Å²) in [5.41, 5.74) is 7.29. The van der Waals surface area contributed by atoms with Crippen molar-refractivity contribution in [2.45, 2.75) is 19.4 Å². The van der Waals surface area contributed by atoms with Gasteiger partial charge >= 0.3 is 5.97 Å². The summed E-state index contributed by atoms with van der Waals surface area (Å²) in [6.45, 7) is 0.375. The highest BCUT2D eigenvalue weighted by Crippen LogP contribution is 2.17. The fraction of sp³-hybridized carbons (Fsp3) is 0.300. The molecule has 0 amide bonds. The van der Waals surface area contributed by atoms with Gasteiger partial charge in [-0.15, -0.1) is 0 Å². The summed E-state index contributed by atoms with van der Waals surface area (Å²) < 4.78 is 0. The van der Waals surface area contributed by atoms with Crippen LogP contribution in [0, 0.1) is 0 Å². The van der Waals surface area contributed by atoms with Crippen molar-refractivity contribution in [3.8, 4) is 0 Å². The van der Waals surface area contributed by atoms with Crippen molar-refractivity contribution in [2.24, 2.45) is 5.73 Å². The van der Waals surface area contributed by atoms with Crippen molar-refractivity contribution in [2.75, 3.05) is 0 Å². The summed E-state index contributed by atoms with van der Waals surface area (Å²) in [4.78, 5) is 10.3. The molecular formula is C10H12ClNO2. The van der Waals surface area contributed by atoms with E-state index in [0.717, 1.165) is 11.1 Å². The van der Waals surface area contributed by atoms with Crippen LogP contribution in [0.5, 0.6) is 0 Å². The molecule has 0 aliphatic carbocycles. The van der Waals surface area contributed by atoms with Crippen molar-refractivity contribution >= 4 is 17.6 Å². The van der Waals surface area contributed by atoms with E-state index < -0.39 is 5.97 Å². The molecule has 14 heavy (non-hydrogen) atoms. The number of hydrogen-bond acceptors (Lipinski definition) is 2. The number of aliphatic carboxylic acids is 1. The first-order valence-electron chi connectivity index (χ1n) is 4.32. The molecule has 0 saturated carbocycles. The molecule has 1 rings (SSSR count). The van der Waals surface area contributed by atoms with Gasteiger partial charge in [-0.1, -0.05) is 23.7 Å². The minimum absolute atomic E-state index is 0.131. The van der Waals surface area contributed by atoms with Crippen molar-refractivity contribution in [1.82, 2.24) is 0 Å². The monoisotopic (exact) mass is 213 g/mol. The maximum atomic E-state index is 10.3. The third-order valence-electron chi connectivity index (χ3n) is 1.96. The van der Waals surface area contributed by atoms with Gasteiger partial charge < -0.3 is 10.8 Å². The van der Waals surface area contributed by atoms with Crippen molar-refractivity contribution in [3.05, 3.63) is 34.3 Å². The molecule has 0 unspecified atom stereocenters. The quantitative estimate of drug-likeness (QED) is 0.802. The largest absolute Gasteiger partial charge is 0.481 e. The second kappa shape index (κ2) is 4.98. The molecule has 3 nitrogen and oxygen atoms in total. The first-order valence-corrected chi connectivity index (χ1v) is 4.70. The van der Waals surface area contributed by atoms with E-state index in [4.69, 9.17) is 22.4 Å². The fourth-order valence-electron chi connectivity index (χ4n) is 1.19. The van der Waals surface area contributed by atoms with E-state index in [1.165, 1.54) is 0 Å². The number of carbonyl (C=O) groups is 1. The highest BCUT2D eigenvalue weighted by Gasteiger charge is 2.02. The lowest BCUT2D eigenvalue weighted by Gasteiger charge is -2.04. The van der Waals surface area contributed by atoms with Gasteiger partial charge in [0.15, 0.2) is 0 Å². The Hall–Kier alpha value is -1.06. The molecule has 1 aromatic carbocycles. The molecule has 4 heteroatoms. The van der Waals surface area contributed by atoms with Gasteiger partial charge in [0.05, 0.1) is 0 Å². The summed E-state index contributed by atoms with van der Waals surface area (Å²) >= 11 is 5.86. The number of carboxylic acid groups (broad SMARTS) is 1. The molecule has 0 radical (unpaired) electrons. The lowest BCUT2D eigenvalue weighted by atomic mass is 10.1. The number of carboxylic acids is 1. The number of nitrogens with two attached hydrogens (primary N) is 1. The van der Waals surface area contributed by atoms with Gasteiger partial charge in [0.1, 0.15) is 0 Å². The molecule has 0 saturated heterocycles. The Morgan fingerprint density at radius 3 is 2.79 bits per heavy atom. The van der Waals surface area contributed by atoms with Gasteiger partial charge in [0.2, 0.25) is 0 Å². The highest BCUT2D eigenvalue weighted by molar-refractivity contribution is 6.31. The summed E-state index contributed by atoms with van der Waals surface area (Å²) in [5.74, 6) is -0.797. The summed E-state index contributed by atoms with van der Waals surface area (Å²) in [6.07, 6.45) is 0.644. The molecule has 76 valence electrons. The van der Waals surface area contributed by atoms with Crippen LogP contribution in [0.3, 0.4) is 0 Å². The Kier molecular flexibility index (Phi) is 3.92. The predicted octanol–water partition coefficient (Wildman–Crippen LogP) is 1.82. The van der Waals surface area contributed by atoms with Gasteiger partial charge in [0.25, 0.3) is 0 Å². The average molecular weight is 214 g/mol. The average Bonchev–Trinajstić information content (AvgIpc) is 2.16. The molecular weight excluding hydrogens is 202 g/mol. The number of rotatable bonds is 4. The zero-order valence-corrected chi connectivity index (χ0v) is 8.42. The predicted molar refractivity (Wildman–Crippen MR) is 55.3 cm³/mol. The number of hydrogen-bond donors (Lipinski definition) is 2. The highest BCUT2D eigenvalue weighted by atomic mass is 35.5. The van der Waals surface area contributed by atoms with Crippen LogP contribution >= 0.6 is 11.6 Å². The van der Waals surface area contributed by atoms with Crippen LogP contribution in [-0.4, -0.2) is 11.1 Å². The molecule has 1 aromatic rings. The molecule has 0 aromatic heterocycles. The third-order valence-corrected chi connectivity index (χ3v) is 2.33. The molecule has 0 atom stereocenters. The first-order chi connectivity index (χ1) is 6.63. The van der Waals surface area contributed by atoms with E-state index >= 15 is 0 Å². The van der Waals surface area contributed by atoms with E-state index in [1.54, 1.807) is 6.07 Å². The zero-order chi connectivity index (χ0) is 10.6. The molecule has 0 fully saturated rings. The normalized spacial score (nSPS) is 10.1. The van der Waals surface area contributed by atoms with Crippen LogP contribution in [0.2, 0.25) is 5.02 Å². The fourth-order valence-corrected chi connectivity index (χ4v) is 1.39. The first kappa shape index (κ1) is 11.0. The Balaban J connectivity index is 2.74. The molecule has 3 N–H and O–H groups in total. The topological polar surface area (TPSA) is 63.3 Å². The number of halogens is 1. The summed E-state index contributed by atoms with van der Waals surface area (Å²) in [7, 11) is 0.